The Morgan fingerprint density at radius 3 is 2.89 bits per heavy atom. The third kappa shape index (κ3) is 0.852. The molecule has 0 aliphatic carbocycles. The van der Waals surface area contributed by atoms with Gasteiger partial charge in [-0.25, -0.2) is 0 Å². The maximum absolute atomic E-state index is 5.21. The quantitative estimate of drug-likeness (QED) is 0.452. The molecule has 0 aromatic heterocycles. The SMILES string of the molecule is CC1CNC2OCC2N1. The van der Waals surface area contributed by atoms with Crippen LogP contribution in [0.1, 0.15) is 6.92 Å². The molecule has 3 unspecified atom stereocenters. The van der Waals surface area contributed by atoms with Crippen LogP contribution >= 0.6 is 0 Å². The van der Waals surface area contributed by atoms with Crippen LogP contribution in [-0.4, -0.2) is 31.5 Å². The Balaban J connectivity index is 1.92. The highest BCUT2D eigenvalue weighted by Crippen LogP contribution is 2.13. The maximum Gasteiger partial charge on any atom is 0.126 e. The molecule has 2 N–H and O–H groups in total. The first-order valence-electron chi connectivity index (χ1n) is 3.47. The summed E-state index contributed by atoms with van der Waals surface area (Å²) < 4.78 is 5.21. The van der Waals surface area contributed by atoms with Crippen molar-refractivity contribution in [2.24, 2.45) is 0 Å². The lowest BCUT2D eigenvalue weighted by Crippen LogP contribution is -2.68. The number of ether oxygens (including phenoxy) is 1. The summed E-state index contributed by atoms with van der Waals surface area (Å²) in [5.74, 6) is 0. The van der Waals surface area contributed by atoms with Gasteiger partial charge in [0, 0.05) is 12.6 Å². The molecule has 9 heavy (non-hydrogen) atoms. The molecule has 0 radical (unpaired) electrons. The number of piperazine rings is 1. The Labute approximate surface area is 54.8 Å². The van der Waals surface area contributed by atoms with Crippen LogP contribution in [0.2, 0.25) is 0 Å². The fourth-order valence-electron chi connectivity index (χ4n) is 1.34. The Hall–Kier alpha value is -0.120. The van der Waals surface area contributed by atoms with Crippen LogP contribution in [-0.2, 0) is 4.74 Å². The van der Waals surface area contributed by atoms with E-state index in [2.05, 4.69) is 17.6 Å². The highest BCUT2D eigenvalue weighted by molar-refractivity contribution is 4.90. The summed E-state index contributed by atoms with van der Waals surface area (Å²) in [7, 11) is 0. The Morgan fingerprint density at radius 2 is 2.44 bits per heavy atom. The van der Waals surface area contributed by atoms with E-state index in [0.29, 0.717) is 18.3 Å². The molecule has 0 aromatic rings. The summed E-state index contributed by atoms with van der Waals surface area (Å²) in [6, 6.07) is 1.18. The molecule has 3 atom stereocenters. The van der Waals surface area contributed by atoms with Gasteiger partial charge < -0.3 is 10.1 Å². The maximum atomic E-state index is 5.21. The molecule has 2 rings (SSSR count). The van der Waals surface area contributed by atoms with Gasteiger partial charge in [-0.05, 0) is 6.92 Å². The average Bonchev–Trinajstić information content (AvgIpc) is 1.78. The van der Waals surface area contributed by atoms with Crippen molar-refractivity contribution in [2.75, 3.05) is 13.2 Å². The summed E-state index contributed by atoms with van der Waals surface area (Å²) >= 11 is 0. The molecule has 2 aliphatic heterocycles. The van der Waals surface area contributed by atoms with Crippen molar-refractivity contribution in [1.29, 1.82) is 0 Å². The minimum atomic E-state index is 0.307. The molecular formula is C6H12N2O. The van der Waals surface area contributed by atoms with Crippen LogP contribution in [0.25, 0.3) is 0 Å². The molecule has 0 aromatic carbocycles. The van der Waals surface area contributed by atoms with E-state index in [4.69, 9.17) is 4.74 Å². The molecule has 0 bridgehead atoms. The molecule has 2 heterocycles. The summed E-state index contributed by atoms with van der Waals surface area (Å²) in [5.41, 5.74) is 0. The standard InChI is InChI=1S/C6H12N2O/c1-4-2-7-6-5(8-4)3-9-6/h4-8H,2-3H2,1H3. The molecule has 2 saturated heterocycles. The molecule has 2 aliphatic rings. The zero-order valence-corrected chi connectivity index (χ0v) is 5.55. The summed E-state index contributed by atoms with van der Waals surface area (Å²) in [6.45, 7) is 4.09. The van der Waals surface area contributed by atoms with Crippen LogP contribution in [0.15, 0.2) is 0 Å². The highest BCUT2D eigenvalue weighted by Gasteiger charge is 2.35. The summed E-state index contributed by atoms with van der Waals surface area (Å²) in [4.78, 5) is 0. The third-order valence-corrected chi connectivity index (χ3v) is 1.94. The van der Waals surface area contributed by atoms with Gasteiger partial charge in [0.05, 0.1) is 12.6 Å². The summed E-state index contributed by atoms with van der Waals surface area (Å²) in [5, 5.41) is 6.71. The zero-order chi connectivity index (χ0) is 6.27. The molecule has 0 saturated carbocycles. The normalized spacial score (nSPS) is 49.7. The van der Waals surface area contributed by atoms with Crippen molar-refractivity contribution in [1.82, 2.24) is 10.6 Å². The smallest absolute Gasteiger partial charge is 0.126 e. The zero-order valence-electron chi connectivity index (χ0n) is 5.55. The van der Waals surface area contributed by atoms with Crippen molar-refractivity contribution in [2.45, 2.75) is 25.2 Å². The van der Waals surface area contributed by atoms with Crippen molar-refractivity contribution in [3.63, 3.8) is 0 Å². The Bertz CT molecular complexity index is 118. The van der Waals surface area contributed by atoms with E-state index < -0.39 is 0 Å². The van der Waals surface area contributed by atoms with E-state index in [1.165, 1.54) is 0 Å². The van der Waals surface area contributed by atoms with Gasteiger partial charge in [-0.3, -0.25) is 5.32 Å². The van der Waals surface area contributed by atoms with E-state index in [1.807, 2.05) is 0 Å². The lowest BCUT2D eigenvalue weighted by atomic mass is 10.1. The number of hydrogen-bond donors (Lipinski definition) is 2. The van der Waals surface area contributed by atoms with Crippen molar-refractivity contribution in [3.05, 3.63) is 0 Å². The van der Waals surface area contributed by atoms with Gasteiger partial charge in [0.1, 0.15) is 6.23 Å². The third-order valence-electron chi connectivity index (χ3n) is 1.94. The van der Waals surface area contributed by atoms with E-state index >= 15 is 0 Å². The van der Waals surface area contributed by atoms with Gasteiger partial charge in [-0.15, -0.1) is 0 Å². The van der Waals surface area contributed by atoms with E-state index in [-0.39, 0.29) is 0 Å². The van der Waals surface area contributed by atoms with Gasteiger partial charge in [0.25, 0.3) is 0 Å². The average molecular weight is 128 g/mol. The van der Waals surface area contributed by atoms with Crippen molar-refractivity contribution >= 4 is 0 Å². The largest absolute Gasteiger partial charge is 0.360 e. The molecule has 52 valence electrons. The fourth-order valence-corrected chi connectivity index (χ4v) is 1.34. The lowest BCUT2D eigenvalue weighted by Gasteiger charge is -2.44. The number of nitrogens with one attached hydrogen (secondary N) is 2. The van der Waals surface area contributed by atoms with E-state index in [0.717, 1.165) is 13.2 Å². The van der Waals surface area contributed by atoms with Crippen LogP contribution in [0.4, 0.5) is 0 Å². The van der Waals surface area contributed by atoms with Crippen molar-refractivity contribution in [3.8, 4) is 0 Å². The molecule has 0 spiro atoms. The first-order chi connectivity index (χ1) is 4.36. The predicted octanol–water partition coefficient (Wildman–Crippen LogP) is -0.707. The fraction of sp³-hybridized carbons (Fsp3) is 1.00. The minimum Gasteiger partial charge on any atom is -0.360 e. The lowest BCUT2D eigenvalue weighted by molar-refractivity contribution is -0.123. The molecule has 2 fully saturated rings. The van der Waals surface area contributed by atoms with E-state index in [9.17, 15) is 0 Å². The molecule has 3 heteroatoms. The highest BCUT2D eigenvalue weighted by atomic mass is 16.5. The van der Waals surface area contributed by atoms with Crippen molar-refractivity contribution < 1.29 is 4.74 Å². The Morgan fingerprint density at radius 1 is 1.56 bits per heavy atom. The van der Waals surface area contributed by atoms with Crippen LogP contribution in [0.5, 0.6) is 0 Å². The van der Waals surface area contributed by atoms with Gasteiger partial charge in [0.15, 0.2) is 0 Å². The monoisotopic (exact) mass is 128 g/mol. The second-order valence-corrected chi connectivity index (χ2v) is 2.84. The topological polar surface area (TPSA) is 33.3 Å². The van der Waals surface area contributed by atoms with Crippen LogP contribution < -0.4 is 10.6 Å². The first-order valence-corrected chi connectivity index (χ1v) is 3.47. The van der Waals surface area contributed by atoms with Gasteiger partial charge in [0.2, 0.25) is 0 Å². The van der Waals surface area contributed by atoms with Crippen LogP contribution in [0.3, 0.4) is 0 Å². The van der Waals surface area contributed by atoms with Gasteiger partial charge >= 0.3 is 0 Å². The number of fused-ring (bicyclic) bond motifs is 1. The predicted molar refractivity (Wildman–Crippen MR) is 34.1 cm³/mol. The number of hydrogen-bond acceptors (Lipinski definition) is 3. The first kappa shape index (κ1) is 5.65. The second kappa shape index (κ2) is 1.94. The van der Waals surface area contributed by atoms with E-state index in [1.54, 1.807) is 0 Å². The van der Waals surface area contributed by atoms with Gasteiger partial charge in [-0.1, -0.05) is 0 Å². The summed E-state index contributed by atoms with van der Waals surface area (Å²) in [6.07, 6.45) is 0.307. The Kier molecular flexibility index (Phi) is 1.22. The van der Waals surface area contributed by atoms with Gasteiger partial charge in [-0.2, -0.15) is 0 Å². The number of rotatable bonds is 0. The molecular weight excluding hydrogens is 116 g/mol. The molecule has 3 nitrogen and oxygen atoms in total. The molecule has 0 amide bonds. The van der Waals surface area contributed by atoms with Crippen LogP contribution in [0, 0.1) is 0 Å². The minimum absolute atomic E-state index is 0.307. The second-order valence-electron chi connectivity index (χ2n) is 2.84.